The zero-order valence-electron chi connectivity index (χ0n) is 26.6. The molecule has 1 spiro atoms. The maximum Gasteiger partial charge on any atom is 0.0541 e. The summed E-state index contributed by atoms with van der Waals surface area (Å²) < 4.78 is 2.44. The van der Waals surface area contributed by atoms with Crippen molar-refractivity contribution in [2.24, 2.45) is 23.7 Å². The predicted octanol–water partition coefficient (Wildman–Crippen LogP) is 11.8. The van der Waals surface area contributed by atoms with Gasteiger partial charge < -0.3 is 4.57 Å². The molecule has 0 N–H and O–H groups in total. The van der Waals surface area contributed by atoms with Crippen molar-refractivity contribution in [3.05, 3.63) is 151 Å². The van der Waals surface area contributed by atoms with Crippen molar-refractivity contribution in [2.75, 3.05) is 0 Å². The van der Waals surface area contributed by atoms with E-state index in [-0.39, 0.29) is 5.41 Å². The standard InChI is InChI=1S/C46H37N/c1-2-9-31(10-3-1)32-11-8-12-37(26-32)47-44-16-7-5-14-39(44)41-28-34(18-20-45(41)47)33-17-19-43-40(27-33)38-13-4-6-15-42(38)46(43)35-22-29-21-30(24-35)25-36(46)23-29/h1-20,26-30,35-36H,21-25H2. The summed E-state index contributed by atoms with van der Waals surface area (Å²) in [5.41, 5.74) is 15.3. The second-order valence-corrected chi connectivity index (χ2v) is 15.0. The van der Waals surface area contributed by atoms with Crippen LogP contribution in [0.1, 0.15) is 43.2 Å². The quantitative estimate of drug-likeness (QED) is 0.189. The monoisotopic (exact) mass is 603 g/mol. The minimum atomic E-state index is 0.226. The van der Waals surface area contributed by atoms with Crippen LogP contribution in [0.4, 0.5) is 0 Å². The second kappa shape index (κ2) is 9.58. The molecular formula is C46H37N. The smallest absolute Gasteiger partial charge is 0.0541 e. The molecule has 0 radical (unpaired) electrons. The van der Waals surface area contributed by atoms with Gasteiger partial charge in [0.25, 0.3) is 0 Å². The topological polar surface area (TPSA) is 4.93 Å². The van der Waals surface area contributed by atoms with Gasteiger partial charge in [-0.3, -0.25) is 0 Å². The van der Waals surface area contributed by atoms with Gasteiger partial charge in [-0.15, -0.1) is 0 Å². The molecule has 7 aromatic rings. The van der Waals surface area contributed by atoms with Crippen molar-refractivity contribution in [1.82, 2.24) is 4.57 Å². The van der Waals surface area contributed by atoms with Gasteiger partial charge in [-0.2, -0.15) is 0 Å². The summed E-state index contributed by atoms with van der Waals surface area (Å²) in [7, 11) is 0. The number of hydrogen-bond acceptors (Lipinski definition) is 0. The highest BCUT2D eigenvalue weighted by Crippen LogP contribution is 2.69. The van der Waals surface area contributed by atoms with Gasteiger partial charge in [-0.25, -0.2) is 0 Å². The van der Waals surface area contributed by atoms with E-state index in [2.05, 4.69) is 144 Å². The third-order valence-corrected chi connectivity index (χ3v) is 12.8. The molecule has 4 fully saturated rings. The molecule has 0 saturated heterocycles. The lowest BCUT2D eigenvalue weighted by atomic mass is 9.43. The lowest BCUT2D eigenvalue weighted by Gasteiger charge is -2.61. The molecule has 47 heavy (non-hydrogen) atoms. The van der Waals surface area contributed by atoms with E-state index in [9.17, 15) is 0 Å². The van der Waals surface area contributed by atoms with Crippen molar-refractivity contribution >= 4 is 21.8 Å². The molecule has 226 valence electrons. The fourth-order valence-electron chi connectivity index (χ4n) is 11.2. The van der Waals surface area contributed by atoms with Gasteiger partial charge in [-0.1, -0.05) is 103 Å². The highest BCUT2D eigenvalue weighted by Gasteiger charge is 2.61. The van der Waals surface area contributed by atoms with Crippen LogP contribution in [-0.4, -0.2) is 4.57 Å². The number of nitrogens with zero attached hydrogens (tertiary/aromatic N) is 1. The summed E-state index contributed by atoms with van der Waals surface area (Å²) in [6.45, 7) is 0. The Bertz CT molecular complexity index is 2340. The molecule has 5 aliphatic carbocycles. The first-order valence-electron chi connectivity index (χ1n) is 17.7. The minimum Gasteiger partial charge on any atom is -0.309 e. The number of para-hydroxylation sites is 1. The molecule has 4 bridgehead atoms. The molecule has 0 unspecified atom stereocenters. The first-order valence-corrected chi connectivity index (χ1v) is 17.7. The van der Waals surface area contributed by atoms with Crippen molar-refractivity contribution in [1.29, 1.82) is 0 Å². The summed E-state index contributed by atoms with van der Waals surface area (Å²) in [5, 5.41) is 2.61. The Labute approximate surface area is 276 Å². The summed E-state index contributed by atoms with van der Waals surface area (Å²) in [6.07, 6.45) is 7.21. The molecule has 1 heterocycles. The van der Waals surface area contributed by atoms with E-state index >= 15 is 0 Å². The Morgan fingerprint density at radius 3 is 1.91 bits per heavy atom. The minimum absolute atomic E-state index is 0.226. The van der Waals surface area contributed by atoms with Crippen LogP contribution in [0.3, 0.4) is 0 Å². The number of rotatable bonds is 3. The third-order valence-electron chi connectivity index (χ3n) is 12.8. The van der Waals surface area contributed by atoms with Crippen LogP contribution in [0.2, 0.25) is 0 Å². The number of fused-ring (bicyclic) bond motifs is 6. The first-order chi connectivity index (χ1) is 23.3. The second-order valence-electron chi connectivity index (χ2n) is 15.0. The van der Waals surface area contributed by atoms with Gasteiger partial charge in [0, 0.05) is 21.9 Å². The van der Waals surface area contributed by atoms with Gasteiger partial charge in [0.05, 0.1) is 11.0 Å². The zero-order chi connectivity index (χ0) is 30.7. The van der Waals surface area contributed by atoms with E-state index in [1.165, 1.54) is 93.0 Å². The van der Waals surface area contributed by atoms with Crippen molar-refractivity contribution in [3.63, 3.8) is 0 Å². The Morgan fingerprint density at radius 2 is 1.06 bits per heavy atom. The lowest BCUT2D eigenvalue weighted by molar-refractivity contribution is -0.0399. The van der Waals surface area contributed by atoms with E-state index in [0.29, 0.717) is 0 Å². The lowest BCUT2D eigenvalue weighted by Crippen LogP contribution is -2.55. The highest BCUT2D eigenvalue weighted by molar-refractivity contribution is 6.10. The Hall–Kier alpha value is -4.88. The van der Waals surface area contributed by atoms with Crippen molar-refractivity contribution < 1.29 is 0 Å². The summed E-state index contributed by atoms with van der Waals surface area (Å²) in [4.78, 5) is 0. The van der Waals surface area contributed by atoms with E-state index in [4.69, 9.17) is 0 Å². The van der Waals surface area contributed by atoms with Gasteiger partial charge >= 0.3 is 0 Å². The number of aromatic nitrogens is 1. The van der Waals surface area contributed by atoms with E-state index < -0.39 is 0 Å². The molecular weight excluding hydrogens is 567 g/mol. The summed E-state index contributed by atoms with van der Waals surface area (Å²) in [5.74, 6) is 3.53. The molecule has 4 saturated carbocycles. The Kier molecular flexibility index (Phi) is 5.34. The predicted molar refractivity (Wildman–Crippen MR) is 195 cm³/mol. The molecule has 12 rings (SSSR count). The van der Waals surface area contributed by atoms with Gasteiger partial charge in [0.1, 0.15) is 0 Å². The SMILES string of the molecule is c1ccc(-c2cccc(-n3c4ccccc4c4cc(-c5ccc6c(c5)-c5ccccc5C65C6CC7CC(C6)CC5C7)ccc43)c2)cc1. The molecule has 1 nitrogen and oxygen atoms in total. The van der Waals surface area contributed by atoms with E-state index in [1.54, 1.807) is 11.1 Å². The maximum absolute atomic E-state index is 2.55. The van der Waals surface area contributed by atoms with Gasteiger partial charge in [0.2, 0.25) is 0 Å². The normalized spacial score (nSPS) is 25.1. The van der Waals surface area contributed by atoms with Crippen LogP contribution in [0.15, 0.2) is 140 Å². The largest absolute Gasteiger partial charge is 0.309 e. The third kappa shape index (κ3) is 3.55. The van der Waals surface area contributed by atoms with E-state index in [0.717, 1.165) is 23.7 Å². The van der Waals surface area contributed by atoms with Crippen molar-refractivity contribution in [3.8, 4) is 39.1 Å². The molecule has 6 aromatic carbocycles. The first kappa shape index (κ1) is 26.2. The molecule has 0 amide bonds. The zero-order valence-corrected chi connectivity index (χ0v) is 26.6. The van der Waals surface area contributed by atoms with E-state index in [1.807, 2.05) is 0 Å². The fraction of sp³-hybridized carbons (Fsp3) is 0.217. The Balaban J connectivity index is 1.06. The van der Waals surface area contributed by atoms with Crippen LogP contribution in [0.5, 0.6) is 0 Å². The molecule has 1 heteroatoms. The average molecular weight is 604 g/mol. The fourth-order valence-corrected chi connectivity index (χ4v) is 11.2. The van der Waals surface area contributed by atoms with Gasteiger partial charge in [-0.05, 0) is 137 Å². The molecule has 0 atom stereocenters. The number of hydrogen-bond donors (Lipinski definition) is 0. The number of benzene rings is 6. The maximum atomic E-state index is 2.55. The van der Waals surface area contributed by atoms with Crippen LogP contribution < -0.4 is 0 Å². The van der Waals surface area contributed by atoms with Crippen molar-refractivity contribution in [2.45, 2.75) is 37.5 Å². The van der Waals surface area contributed by atoms with Crippen LogP contribution >= 0.6 is 0 Å². The van der Waals surface area contributed by atoms with Crippen LogP contribution in [0, 0.1) is 23.7 Å². The van der Waals surface area contributed by atoms with Gasteiger partial charge in [0.15, 0.2) is 0 Å². The highest BCUT2D eigenvalue weighted by atomic mass is 15.0. The van der Waals surface area contributed by atoms with Crippen LogP contribution in [0.25, 0.3) is 60.9 Å². The molecule has 5 aliphatic rings. The molecule has 0 aliphatic heterocycles. The molecule has 1 aromatic heterocycles. The van der Waals surface area contributed by atoms with Crippen LogP contribution in [-0.2, 0) is 5.41 Å². The average Bonchev–Trinajstić information content (AvgIpc) is 3.61. The summed E-state index contributed by atoms with van der Waals surface area (Å²) in [6, 6.07) is 52.7. The summed E-state index contributed by atoms with van der Waals surface area (Å²) >= 11 is 0. The Morgan fingerprint density at radius 1 is 0.426 bits per heavy atom.